The summed E-state index contributed by atoms with van der Waals surface area (Å²) in [6.45, 7) is 6.33. The van der Waals surface area contributed by atoms with Gasteiger partial charge in [0.1, 0.15) is 17.8 Å². The molecule has 2 rings (SSSR count). The second-order valence-electron chi connectivity index (χ2n) is 5.73. The molecule has 1 saturated heterocycles. The van der Waals surface area contributed by atoms with Crippen LogP contribution in [0.15, 0.2) is 12.4 Å². The second-order valence-corrected chi connectivity index (χ2v) is 7.96. The molecule has 1 atom stereocenters. The molecule has 1 amide bonds. The van der Waals surface area contributed by atoms with Crippen molar-refractivity contribution in [2.24, 2.45) is 0 Å². The fourth-order valence-corrected chi connectivity index (χ4v) is 4.32. The van der Waals surface area contributed by atoms with Crippen LogP contribution in [0.1, 0.15) is 37.7 Å². The number of anilines is 1. The number of carbonyl (C=O) groups is 1. The molecule has 122 valence electrons. The van der Waals surface area contributed by atoms with Crippen molar-refractivity contribution in [3.05, 3.63) is 18.1 Å². The SMILES string of the molecule is CCN(c1cc(C(=O)NC(C)C)ncn1)C1CCS(=O)(=O)C1. The molecule has 0 radical (unpaired) electrons. The average Bonchev–Trinajstić information content (AvgIpc) is 2.79. The first kappa shape index (κ1) is 16.7. The zero-order valence-electron chi connectivity index (χ0n) is 13.1. The first-order chi connectivity index (χ1) is 10.3. The lowest BCUT2D eigenvalue weighted by molar-refractivity contribution is 0.0938. The highest BCUT2D eigenvalue weighted by Gasteiger charge is 2.32. The molecule has 8 heteroatoms. The monoisotopic (exact) mass is 326 g/mol. The van der Waals surface area contributed by atoms with Gasteiger partial charge in [0.25, 0.3) is 5.91 Å². The summed E-state index contributed by atoms with van der Waals surface area (Å²) in [6.07, 6.45) is 1.93. The van der Waals surface area contributed by atoms with Gasteiger partial charge >= 0.3 is 0 Å². The zero-order chi connectivity index (χ0) is 16.3. The Morgan fingerprint density at radius 2 is 2.18 bits per heavy atom. The maximum atomic E-state index is 12.0. The number of sulfone groups is 1. The van der Waals surface area contributed by atoms with Gasteiger partial charge in [-0.25, -0.2) is 18.4 Å². The first-order valence-electron chi connectivity index (χ1n) is 7.42. The molecule has 7 nitrogen and oxygen atoms in total. The van der Waals surface area contributed by atoms with E-state index in [1.807, 2.05) is 25.7 Å². The van der Waals surface area contributed by atoms with Gasteiger partial charge in [-0.15, -0.1) is 0 Å². The Bertz CT molecular complexity index is 645. The van der Waals surface area contributed by atoms with E-state index in [1.165, 1.54) is 6.33 Å². The van der Waals surface area contributed by atoms with Crippen LogP contribution < -0.4 is 10.2 Å². The fraction of sp³-hybridized carbons (Fsp3) is 0.643. The third-order valence-corrected chi connectivity index (χ3v) is 5.34. The van der Waals surface area contributed by atoms with Crippen molar-refractivity contribution < 1.29 is 13.2 Å². The summed E-state index contributed by atoms with van der Waals surface area (Å²) < 4.78 is 23.3. The molecule has 2 heterocycles. The minimum absolute atomic E-state index is 0.0215. The Morgan fingerprint density at radius 3 is 2.73 bits per heavy atom. The highest BCUT2D eigenvalue weighted by atomic mass is 32.2. The molecule has 1 aliphatic rings. The Morgan fingerprint density at radius 1 is 1.45 bits per heavy atom. The highest BCUT2D eigenvalue weighted by molar-refractivity contribution is 7.91. The lowest BCUT2D eigenvalue weighted by atomic mass is 10.2. The summed E-state index contributed by atoms with van der Waals surface area (Å²) in [4.78, 5) is 22.2. The molecule has 1 fully saturated rings. The van der Waals surface area contributed by atoms with E-state index >= 15 is 0 Å². The van der Waals surface area contributed by atoms with Crippen LogP contribution in [0.4, 0.5) is 5.82 Å². The zero-order valence-corrected chi connectivity index (χ0v) is 13.9. The van der Waals surface area contributed by atoms with E-state index in [4.69, 9.17) is 0 Å². The van der Waals surface area contributed by atoms with Gasteiger partial charge < -0.3 is 10.2 Å². The van der Waals surface area contributed by atoms with E-state index in [9.17, 15) is 13.2 Å². The number of carbonyl (C=O) groups excluding carboxylic acids is 1. The van der Waals surface area contributed by atoms with Crippen molar-refractivity contribution in [3.8, 4) is 0 Å². The number of amides is 1. The number of rotatable bonds is 5. The van der Waals surface area contributed by atoms with Gasteiger partial charge in [-0.05, 0) is 27.2 Å². The maximum absolute atomic E-state index is 12.0. The van der Waals surface area contributed by atoms with Crippen LogP contribution in [0.2, 0.25) is 0 Å². The summed E-state index contributed by atoms with van der Waals surface area (Å²) in [7, 11) is -2.97. The Hall–Kier alpha value is -1.70. The van der Waals surface area contributed by atoms with Gasteiger partial charge in [0.2, 0.25) is 0 Å². The Balaban J connectivity index is 2.21. The summed E-state index contributed by atoms with van der Waals surface area (Å²) in [5.74, 6) is 0.681. The minimum atomic E-state index is -2.97. The second kappa shape index (κ2) is 6.60. The van der Waals surface area contributed by atoms with Crippen LogP contribution in [0.3, 0.4) is 0 Å². The summed E-state index contributed by atoms with van der Waals surface area (Å²) >= 11 is 0. The number of nitrogens with zero attached hydrogens (tertiary/aromatic N) is 3. The lowest BCUT2D eigenvalue weighted by Gasteiger charge is -2.28. The summed E-state index contributed by atoms with van der Waals surface area (Å²) in [5.41, 5.74) is 0.290. The van der Waals surface area contributed by atoms with Crippen LogP contribution in [-0.4, -0.2) is 54.4 Å². The Labute approximate surface area is 131 Å². The lowest BCUT2D eigenvalue weighted by Crippen LogP contribution is -2.37. The molecule has 1 N–H and O–H groups in total. The summed E-state index contributed by atoms with van der Waals surface area (Å²) in [5, 5.41) is 2.78. The van der Waals surface area contributed by atoms with Crippen molar-refractivity contribution in [3.63, 3.8) is 0 Å². The normalized spacial score (nSPS) is 20.1. The average molecular weight is 326 g/mol. The summed E-state index contributed by atoms with van der Waals surface area (Å²) in [6, 6.07) is 1.55. The fourth-order valence-electron chi connectivity index (χ4n) is 2.59. The molecule has 0 spiro atoms. The van der Waals surface area contributed by atoms with E-state index in [0.29, 0.717) is 18.8 Å². The van der Waals surface area contributed by atoms with Crippen molar-refractivity contribution >= 4 is 21.6 Å². The molecule has 0 aromatic carbocycles. The van der Waals surface area contributed by atoms with Crippen LogP contribution in [0.5, 0.6) is 0 Å². The molecule has 0 saturated carbocycles. The molecule has 1 aliphatic heterocycles. The first-order valence-corrected chi connectivity index (χ1v) is 9.24. The van der Waals surface area contributed by atoms with Crippen LogP contribution >= 0.6 is 0 Å². The van der Waals surface area contributed by atoms with Gasteiger partial charge in [0.05, 0.1) is 11.5 Å². The van der Waals surface area contributed by atoms with Crippen molar-refractivity contribution in [2.75, 3.05) is 23.0 Å². The molecule has 1 aromatic rings. The van der Waals surface area contributed by atoms with E-state index in [1.54, 1.807) is 6.07 Å². The standard InChI is InChI=1S/C14H22N4O3S/c1-4-18(11-5-6-22(20,21)8-11)13-7-12(15-9-16-13)14(19)17-10(2)3/h7,9-11H,4-6,8H2,1-3H3,(H,17,19). The number of hydrogen-bond acceptors (Lipinski definition) is 6. The largest absolute Gasteiger partial charge is 0.353 e. The van der Waals surface area contributed by atoms with Gasteiger partial charge in [-0.1, -0.05) is 0 Å². The third kappa shape index (κ3) is 3.94. The van der Waals surface area contributed by atoms with Crippen LogP contribution in [0, 0.1) is 0 Å². The number of hydrogen-bond donors (Lipinski definition) is 1. The van der Waals surface area contributed by atoms with Crippen LogP contribution in [-0.2, 0) is 9.84 Å². The van der Waals surface area contributed by atoms with Crippen molar-refractivity contribution in [1.29, 1.82) is 0 Å². The topological polar surface area (TPSA) is 92.3 Å². The van der Waals surface area contributed by atoms with Crippen LogP contribution in [0.25, 0.3) is 0 Å². The molecule has 1 unspecified atom stereocenters. The molecule has 0 aliphatic carbocycles. The molecule has 22 heavy (non-hydrogen) atoms. The quantitative estimate of drug-likeness (QED) is 0.853. The van der Waals surface area contributed by atoms with Crippen molar-refractivity contribution in [2.45, 2.75) is 39.3 Å². The Kier molecular flexibility index (Phi) is 5.00. The van der Waals surface area contributed by atoms with E-state index in [-0.39, 0.29) is 35.2 Å². The molecule has 1 aromatic heterocycles. The smallest absolute Gasteiger partial charge is 0.270 e. The van der Waals surface area contributed by atoms with Gasteiger partial charge in [0, 0.05) is 24.7 Å². The van der Waals surface area contributed by atoms with Gasteiger partial charge in [-0.3, -0.25) is 4.79 Å². The molecule has 0 bridgehead atoms. The van der Waals surface area contributed by atoms with E-state index in [0.717, 1.165) is 0 Å². The minimum Gasteiger partial charge on any atom is -0.353 e. The number of nitrogens with one attached hydrogen (secondary N) is 1. The van der Waals surface area contributed by atoms with Gasteiger partial charge in [0.15, 0.2) is 9.84 Å². The van der Waals surface area contributed by atoms with Gasteiger partial charge in [-0.2, -0.15) is 0 Å². The highest BCUT2D eigenvalue weighted by Crippen LogP contribution is 2.22. The number of aromatic nitrogens is 2. The predicted molar refractivity (Wildman–Crippen MR) is 84.7 cm³/mol. The van der Waals surface area contributed by atoms with E-state index in [2.05, 4.69) is 15.3 Å². The molecular formula is C14H22N4O3S. The molecular weight excluding hydrogens is 304 g/mol. The van der Waals surface area contributed by atoms with E-state index < -0.39 is 9.84 Å². The third-order valence-electron chi connectivity index (χ3n) is 3.59. The predicted octanol–water partition coefficient (Wildman–Crippen LogP) is 0.628. The van der Waals surface area contributed by atoms with Crippen molar-refractivity contribution in [1.82, 2.24) is 15.3 Å². The maximum Gasteiger partial charge on any atom is 0.270 e.